The highest BCUT2D eigenvalue weighted by molar-refractivity contribution is 7.13. The number of nitrogen functional groups attached to an aromatic ring is 1. The molecule has 0 saturated heterocycles. The van der Waals surface area contributed by atoms with Crippen molar-refractivity contribution in [2.75, 3.05) is 11.1 Å². The van der Waals surface area contributed by atoms with Gasteiger partial charge in [0.15, 0.2) is 5.13 Å². The number of rotatable bonds is 3. The zero-order chi connectivity index (χ0) is 15.0. The van der Waals surface area contributed by atoms with Crippen LogP contribution in [0.4, 0.5) is 10.9 Å². The van der Waals surface area contributed by atoms with Gasteiger partial charge in [-0.15, -0.1) is 16.4 Å². The number of hydrogen-bond acceptors (Lipinski definition) is 9. The Kier molecular flexibility index (Phi) is 3.10. The predicted molar refractivity (Wildman–Crippen MR) is 73.8 cm³/mol. The monoisotopic (exact) mass is 306 g/mol. The van der Waals surface area contributed by atoms with Gasteiger partial charge >= 0.3 is 0 Å². The third-order valence-corrected chi connectivity index (χ3v) is 3.30. The van der Waals surface area contributed by atoms with E-state index in [9.17, 15) is 4.79 Å². The number of anilines is 2. The van der Waals surface area contributed by atoms with Gasteiger partial charge in [-0.2, -0.15) is 4.68 Å². The Labute approximate surface area is 121 Å². The second-order valence-corrected chi connectivity index (χ2v) is 5.01. The van der Waals surface area contributed by atoms with Crippen LogP contribution in [0.25, 0.3) is 17.2 Å². The number of carbonyl (C=O) groups is 1. The van der Waals surface area contributed by atoms with Gasteiger partial charge in [0.25, 0.3) is 0 Å². The Balaban J connectivity index is 2.03. The van der Waals surface area contributed by atoms with Crippen LogP contribution in [0.15, 0.2) is 10.0 Å². The maximum absolute atomic E-state index is 11.1. The first-order chi connectivity index (χ1) is 10.1. The number of amides is 1. The molecule has 0 atom stereocenters. The number of thiazole rings is 1. The first-order valence-electron chi connectivity index (χ1n) is 5.80. The lowest BCUT2D eigenvalue weighted by Gasteiger charge is -2.00. The maximum atomic E-state index is 11.1. The summed E-state index contributed by atoms with van der Waals surface area (Å²) in [7, 11) is 0. The van der Waals surface area contributed by atoms with Crippen LogP contribution in [0.2, 0.25) is 0 Å². The molecular formula is C10H10N8O2S. The summed E-state index contributed by atoms with van der Waals surface area (Å²) >= 11 is 1.31. The molecule has 3 N–H and O–H groups in total. The van der Waals surface area contributed by atoms with Gasteiger partial charge in [-0.25, -0.2) is 9.61 Å². The molecule has 0 unspecified atom stereocenters. The highest BCUT2D eigenvalue weighted by Gasteiger charge is 2.20. The fourth-order valence-corrected chi connectivity index (χ4v) is 2.28. The van der Waals surface area contributed by atoms with Gasteiger partial charge in [-0.3, -0.25) is 4.79 Å². The standard InChI is InChI=1S/C10H10N8O2S/c1-4-7(6-3-21-10(11)13-6)14-17-18(4)9-8(12-5(2)19)15-20-16-9/h3H,1-2H3,(H2,11,13)(H,12,15,19). The minimum Gasteiger partial charge on any atom is -0.375 e. The molecule has 0 aliphatic heterocycles. The van der Waals surface area contributed by atoms with Crippen molar-refractivity contribution in [3.05, 3.63) is 11.1 Å². The van der Waals surface area contributed by atoms with Crippen LogP contribution in [-0.4, -0.2) is 36.2 Å². The zero-order valence-electron chi connectivity index (χ0n) is 11.1. The molecule has 10 nitrogen and oxygen atoms in total. The molecule has 0 bridgehead atoms. The average Bonchev–Trinajstić information content (AvgIpc) is 3.10. The van der Waals surface area contributed by atoms with E-state index in [0.29, 0.717) is 22.2 Å². The van der Waals surface area contributed by atoms with Gasteiger partial charge < -0.3 is 11.1 Å². The molecule has 3 aromatic heterocycles. The Morgan fingerprint density at radius 1 is 1.48 bits per heavy atom. The predicted octanol–water partition coefficient (Wildman–Crippen LogP) is 0.623. The topological polar surface area (TPSA) is 138 Å². The SMILES string of the molecule is CC(=O)Nc1nonc1-n1nnc(-c2csc(N)n2)c1C. The van der Waals surface area contributed by atoms with Crippen LogP contribution in [0.3, 0.4) is 0 Å². The Bertz CT molecular complexity index is 804. The van der Waals surface area contributed by atoms with E-state index >= 15 is 0 Å². The van der Waals surface area contributed by atoms with Crippen molar-refractivity contribution < 1.29 is 9.42 Å². The van der Waals surface area contributed by atoms with Gasteiger partial charge in [0, 0.05) is 12.3 Å². The minimum absolute atomic E-state index is 0.167. The van der Waals surface area contributed by atoms with E-state index in [1.165, 1.54) is 22.9 Å². The smallest absolute Gasteiger partial charge is 0.244 e. The van der Waals surface area contributed by atoms with E-state index in [1.807, 2.05) is 0 Å². The molecule has 0 radical (unpaired) electrons. The normalized spacial score (nSPS) is 10.8. The average molecular weight is 306 g/mol. The zero-order valence-corrected chi connectivity index (χ0v) is 11.9. The summed E-state index contributed by atoms with van der Waals surface area (Å²) in [5.74, 6) is 0.113. The van der Waals surface area contributed by atoms with Gasteiger partial charge in [-0.05, 0) is 17.2 Å². The third kappa shape index (κ3) is 2.33. The number of aromatic nitrogens is 6. The van der Waals surface area contributed by atoms with Crippen molar-refractivity contribution >= 4 is 28.2 Å². The molecule has 1 amide bonds. The van der Waals surface area contributed by atoms with Crippen LogP contribution in [-0.2, 0) is 4.79 Å². The van der Waals surface area contributed by atoms with E-state index in [1.54, 1.807) is 12.3 Å². The lowest BCUT2D eigenvalue weighted by atomic mass is 10.3. The highest BCUT2D eigenvalue weighted by atomic mass is 32.1. The number of nitrogens with two attached hydrogens (primary N) is 1. The molecule has 3 aromatic rings. The van der Waals surface area contributed by atoms with Crippen LogP contribution in [0.5, 0.6) is 0 Å². The summed E-state index contributed by atoms with van der Waals surface area (Å²) < 4.78 is 6.05. The molecule has 108 valence electrons. The number of nitrogens with zero attached hydrogens (tertiary/aromatic N) is 6. The summed E-state index contributed by atoms with van der Waals surface area (Å²) in [5, 5.41) is 20.1. The van der Waals surface area contributed by atoms with E-state index in [2.05, 4.69) is 35.6 Å². The summed E-state index contributed by atoms with van der Waals surface area (Å²) in [6.07, 6.45) is 0. The summed E-state index contributed by atoms with van der Waals surface area (Å²) in [6, 6.07) is 0. The molecule has 3 heterocycles. The van der Waals surface area contributed by atoms with Crippen molar-refractivity contribution in [3.63, 3.8) is 0 Å². The Hall–Kier alpha value is -2.82. The second kappa shape index (κ2) is 4.94. The van der Waals surface area contributed by atoms with Gasteiger partial charge in [0.05, 0.1) is 5.69 Å². The van der Waals surface area contributed by atoms with Crippen molar-refractivity contribution in [3.8, 4) is 17.2 Å². The fraction of sp³-hybridized carbons (Fsp3) is 0.200. The van der Waals surface area contributed by atoms with E-state index < -0.39 is 0 Å². The second-order valence-electron chi connectivity index (χ2n) is 4.12. The van der Waals surface area contributed by atoms with Crippen molar-refractivity contribution in [2.24, 2.45) is 0 Å². The molecule has 0 fully saturated rings. The van der Waals surface area contributed by atoms with Crippen molar-refractivity contribution in [2.45, 2.75) is 13.8 Å². The molecule has 3 rings (SSSR count). The Morgan fingerprint density at radius 3 is 2.95 bits per heavy atom. The van der Waals surface area contributed by atoms with Gasteiger partial charge in [0.1, 0.15) is 11.4 Å². The van der Waals surface area contributed by atoms with Crippen LogP contribution in [0, 0.1) is 6.92 Å². The van der Waals surface area contributed by atoms with Gasteiger partial charge in [0.2, 0.25) is 17.5 Å². The molecule has 21 heavy (non-hydrogen) atoms. The third-order valence-electron chi connectivity index (χ3n) is 2.63. The fourth-order valence-electron chi connectivity index (χ4n) is 1.73. The highest BCUT2D eigenvalue weighted by Crippen LogP contribution is 2.26. The molecular weight excluding hydrogens is 296 g/mol. The van der Waals surface area contributed by atoms with E-state index in [-0.39, 0.29) is 17.5 Å². The molecule has 0 aliphatic rings. The molecule has 0 aromatic carbocycles. The first kappa shape index (κ1) is 13.2. The maximum Gasteiger partial charge on any atom is 0.244 e. The van der Waals surface area contributed by atoms with Gasteiger partial charge in [-0.1, -0.05) is 5.21 Å². The van der Waals surface area contributed by atoms with Crippen molar-refractivity contribution in [1.82, 2.24) is 30.3 Å². The number of hydrogen-bond donors (Lipinski definition) is 2. The first-order valence-corrected chi connectivity index (χ1v) is 6.68. The molecule has 0 aliphatic carbocycles. The van der Waals surface area contributed by atoms with Crippen molar-refractivity contribution in [1.29, 1.82) is 0 Å². The van der Waals surface area contributed by atoms with Crippen LogP contribution >= 0.6 is 11.3 Å². The summed E-state index contributed by atoms with van der Waals surface area (Å²) in [4.78, 5) is 15.3. The lowest BCUT2D eigenvalue weighted by Crippen LogP contribution is -2.10. The quantitative estimate of drug-likeness (QED) is 0.718. The number of carbonyl (C=O) groups excluding carboxylic acids is 1. The van der Waals surface area contributed by atoms with Crippen LogP contribution < -0.4 is 11.1 Å². The number of nitrogens with one attached hydrogen (secondary N) is 1. The molecule has 0 spiro atoms. The largest absolute Gasteiger partial charge is 0.375 e. The summed E-state index contributed by atoms with van der Waals surface area (Å²) in [5.41, 5.74) is 7.48. The van der Waals surface area contributed by atoms with E-state index in [0.717, 1.165) is 0 Å². The van der Waals surface area contributed by atoms with E-state index in [4.69, 9.17) is 5.73 Å². The summed E-state index contributed by atoms with van der Waals surface area (Å²) in [6.45, 7) is 3.15. The Morgan fingerprint density at radius 2 is 2.29 bits per heavy atom. The van der Waals surface area contributed by atoms with Crippen LogP contribution in [0.1, 0.15) is 12.6 Å². The lowest BCUT2D eigenvalue weighted by molar-refractivity contribution is -0.114. The molecule has 11 heteroatoms. The molecule has 0 saturated carbocycles. The minimum atomic E-state index is -0.294.